The maximum absolute atomic E-state index is 13.4. The van der Waals surface area contributed by atoms with Crippen LogP contribution in [0.25, 0.3) is 39.4 Å². The number of thiazole rings is 1. The maximum atomic E-state index is 13.4. The van der Waals surface area contributed by atoms with E-state index in [-0.39, 0.29) is 5.56 Å². The summed E-state index contributed by atoms with van der Waals surface area (Å²) in [7, 11) is 0. The zero-order valence-electron chi connectivity index (χ0n) is 24.7. The van der Waals surface area contributed by atoms with Gasteiger partial charge in [-0.05, 0) is 87.0 Å². The van der Waals surface area contributed by atoms with Gasteiger partial charge in [-0.2, -0.15) is 14.6 Å². The summed E-state index contributed by atoms with van der Waals surface area (Å²) in [4.78, 5) is 27.6. The van der Waals surface area contributed by atoms with Crippen LogP contribution in [0.5, 0.6) is 11.5 Å². The number of fused-ring (bicyclic) bond motifs is 1. The van der Waals surface area contributed by atoms with Crippen molar-refractivity contribution in [3.05, 3.63) is 105 Å². The molecule has 3 aromatic carbocycles. The fourth-order valence-electron chi connectivity index (χ4n) is 4.54. The Balaban J connectivity index is 0.000000906. The first kappa shape index (κ1) is 30.2. The van der Waals surface area contributed by atoms with Gasteiger partial charge in [0.15, 0.2) is 5.82 Å². The van der Waals surface area contributed by atoms with E-state index in [2.05, 4.69) is 10.1 Å². The van der Waals surface area contributed by atoms with Crippen LogP contribution in [-0.2, 0) is 4.79 Å². The van der Waals surface area contributed by atoms with Gasteiger partial charge in [-0.25, -0.2) is 4.68 Å². The number of hydrogen-bond donors (Lipinski definition) is 1. The lowest BCUT2D eigenvalue weighted by Crippen LogP contribution is -2.23. The fourth-order valence-corrected chi connectivity index (χ4v) is 5.44. The Labute approximate surface area is 257 Å². The number of ether oxygens (including phenoxy) is 2. The third-order valence-corrected chi connectivity index (χ3v) is 7.38. The molecule has 0 radical (unpaired) electrons. The van der Waals surface area contributed by atoms with Gasteiger partial charge in [0, 0.05) is 29.8 Å². The van der Waals surface area contributed by atoms with Crippen molar-refractivity contribution in [1.82, 2.24) is 24.4 Å². The molecule has 3 heterocycles. The van der Waals surface area contributed by atoms with Crippen molar-refractivity contribution < 1.29 is 19.4 Å². The molecule has 0 aliphatic rings. The van der Waals surface area contributed by atoms with Crippen LogP contribution in [0.3, 0.4) is 0 Å². The van der Waals surface area contributed by atoms with Crippen molar-refractivity contribution in [3.8, 4) is 39.8 Å². The second-order valence-corrected chi connectivity index (χ2v) is 10.7. The number of carboxylic acids is 1. The first-order valence-corrected chi connectivity index (χ1v) is 14.8. The van der Waals surface area contributed by atoms with Gasteiger partial charge in [0.1, 0.15) is 17.2 Å². The molecule has 0 atom stereocenters. The number of carboxylic acid groups (broad SMARTS) is 1. The molecule has 0 aliphatic heterocycles. The van der Waals surface area contributed by atoms with E-state index in [0.717, 1.165) is 52.1 Å². The summed E-state index contributed by atoms with van der Waals surface area (Å²) in [5, 5.41) is 16.8. The zero-order valence-corrected chi connectivity index (χ0v) is 25.5. The Hall–Kier alpha value is -5.29. The average molecular weight is 610 g/mol. The van der Waals surface area contributed by atoms with Crippen LogP contribution in [0.4, 0.5) is 0 Å². The third kappa shape index (κ3) is 6.68. The van der Waals surface area contributed by atoms with E-state index in [1.54, 1.807) is 0 Å². The second-order valence-electron chi connectivity index (χ2n) is 9.64. The highest BCUT2D eigenvalue weighted by Crippen LogP contribution is 2.30. The van der Waals surface area contributed by atoms with E-state index in [4.69, 9.17) is 24.5 Å². The van der Waals surface area contributed by atoms with E-state index < -0.39 is 5.97 Å². The predicted octanol–water partition coefficient (Wildman–Crippen LogP) is 5.42. The molecule has 11 heteroatoms. The molecule has 224 valence electrons. The number of benzene rings is 3. The largest absolute Gasteiger partial charge is 0.494 e. The summed E-state index contributed by atoms with van der Waals surface area (Å²) < 4.78 is 14.9. The Kier molecular flexibility index (Phi) is 9.15. The molecule has 0 amide bonds. The van der Waals surface area contributed by atoms with Crippen LogP contribution in [0, 0.1) is 6.92 Å². The first-order valence-electron chi connectivity index (χ1n) is 14.0. The van der Waals surface area contributed by atoms with Gasteiger partial charge in [0.2, 0.25) is 4.96 Å². The van der Waals surface area contributed by atoms with Gasteiger partial charge < -0.3 is 14.6 Å². The summed E-state index contributed by atoms with van der Waals surface area (Å²) in [6, 6.07) is 23.4. The molecular formula is C33H31N5O5S. The highest BCUT2D eigenvalue weighted by atomic mass is 32.1. The van der Waals surface area contributed by atoms with Crippen molar-refractivity contribution in [1.29, 1.82) is 0 Å². The molecule has 0 saturated heterocycles. The van der Waals surface area contributed by atoms with Crippen LogP contribution in [0.2, 0.25) is 0 Å². The number of aliphatic carboxylic acids is 1. The van der Waals surface area contributed by atoms with Crippen molar-refractivity contribution in [2.75, 3.05) is 13.2 Å². The van der Waals surface area contributed by atoms with Crippen molar-refractivity contribution in [2.24, 2.45) is 0 Å². The summed E-state index contributed by atoms with van der Waals surface area (Å²) >= 11 is 1.31. The van der Waals surface area contributed by atoms with Crippen LogP contribution >= 0.6 is 11.3 Å². The lowest BCUT2D eigenvalue weighted by atomic mass is 10.0. The second kappa shape index (κ2) is 13.3. The lowest BCUT2D eigenvalue weighted by Gasteiger charge is -2.08. The molecule has 0 aliphatic carbocycles. The fraction of sp³-hybridized carbons (Fsp3) is 0.182. The molecule has 1 N–H and O–H groups in total. The molecule has 6 aromatic rings. The molecular weight excluding hydrogens is 578 g/mol. The molecule has 0 spiro atoms. The molecule has 6 rings (SSSR count). The first-order chi connectivity index (χ1) is 21.3. The number of hydrogen-bond acceptors (Lipinski definition) is 8. The Bertz CT molecular complexity index is 2010. The standard InChI is InChI=1S/C31H27N5O3S.C2H4O2/c1-4-38-24-13-11-21(12-14-24)29-32-31-36(34-29)30(37)27(40-31)18-22-19-35(23-9-7-6-8-10-23)33-28(22)26-16-15-25(39-5-2)17-20(26)3;1-2(3)4/h6-19H,4-5H2,1-3H3;1H3,(H,3,4)/b27-18+;. The van der Waals surface area contributed by atoms with Gasteiger partial charge in [-0.3, -0.25) is 9.59 Å². The lowest BCUT2D eigenvalue weighted by molar-refractivity contribution is -0.134. The summed E-state index contributed by atoms with van der Waals surface area (Å²) in [6.45, 7) is 8.22. The quantitative estimate of drug-likeness (QED) is 0.243. The minimum atomic E-state index is -0.833. The summed E-state index contributed by atoms with van der Waals surface area (Å²) in [5.41, 5.74) is 5.13. The minimum Gasteiger partial charge on any atom is -0.494 e. The molecule has 0 unspecified atom stereocenters. The number of aryl methyl sites for hydroxylation is 1. The number of rotatable bonds is 8. The van der Waals surface area contributed by atoms with Crippen LogP contribution in [0.15, 0.2) is 83.8 Å². The van der Waals surface area contributed by atoms with E-state index in [0.29, 0.717) is 28.5 Å². The minimum absolute atomic E-state index is 0.216. The molecule has 0 fully saturated rings. The van der Waals surface area contributed by atoms with Crippen LogP contribution in [0.1, 0.15) is 31.9 Å². The van der Waals surface area contributed by atoms with Crippen molar-refractivity contribution >= 4 is 28.3 Å². The number of carbonyl (C=O) groups is 1. The molecule has 0 bridgehead atoms. The van der Waals surface area contributed by atoms with E-state index in [1.165, 1.54) is 15.9 Å². The number of nitrogens with zero attached hydrogens (tertiary/aromatic N) is 5. The van der Waals surface area contributed by atoms with Crippen LogP contribution in [-0.4, -0.2) is 48.7 Å². The molecule has 44 heavy (non-hydrogen) atoms. The van der Waals surface area contributed by atoms with Gasteiger partial charge >= 0.3 is 0 Å². The molecule has 0 saturated carbocycles. The average Bonchev–Trinajstić information content (AvgIpc) is 3.69. The molecule has 3 aromatic heterocycles. The van der Waals surface area contributed by atoms with Gasteiger partial charge in [0.25, 0.3) is 11.5 Å². The Morgan fingerprint density at radius 3 is 2.25 bits per heavy atom. The van der Waals surface area contributed by atoms with Gasteiger partial charge in [0.05, 0.1) is 23.4 Å². The highest BCUT2D eigenvalue weighted by molar-refractivity contribution is 7.15. The SMILES string of the molecule is CC(=O)O.CCOc1ccc(-c2nc3s/c(=C/c4cn(-c5ccccc5)nc4-c4ccc(OCC)cc4C)c(=O)n3n2)cc1. The Morgan fingerprint density at radius 2 is 1.61 bits per heavy atom. The van der Waals surface area contributed by atoms with Crippen molar-refractivity contribution in [3.63, 3.8) is 0 Å². The van der Waals surface area contributed by atoms with Gasteiger partial charge in [-0.1, -0.05) is 29.5 Å². The monoisotopic (exact) mass is 609 g/mol. The van der Waals surface area contributed by atoms with E-state index in [1.807, 2.05) is 111 Å². The number of para-hydroxylation sites is 1. The van der Waals surface area contributed by atoms with Gasteiger partial charge in [-0.15, -0.1) is 5.10 Å². The van der Waals surface area contributed by atoms with Crippen molar-refractivity contribution in [2.45, 2.75) is 27.7 Å². The van der Waals surface area contributed by atoms with E-state index >= 15 is 0 Å². The summed E-state index contributed by atoms with van der Waals surface area (Å²) in [6.07, 6.45) is 3.82. The zero-order chi connectivity index (χ0) is 31.2. The maximum Gasteiger partial charge on any atom is 0.300 e. The van der Waals surface area contributed by atoms with Crippen LogP contribution < -0.4 is 19.6 Å². The van der Waals surface area contributed by atoms with E-state index in [9.17, 15) is 4.79 Å². The third-order valence-electron chi connectivity index (χ3n) is 6.42. The topological polar surface area (TPSA) is 121 Å². The highest BCUT2D eigenvalue weighted by Gasteiger charge is 2.16. The predicted molar refractivity (Wildman–Crippen MR) is 171 cm³/mol. The Morgan fingerprint density at radius 1 is 0.955 bits per heavy atom. The summed E-state index contributed by atoms with van der Waals surface area (Å²) in [5.74, 6) is 1.26. The smallest absolute Gasteiger partial charge is 0.300 e. The normalized spacial score (nSPS) is 11.3. The number of aromatic nitrogens is 5. The molecule has 10 nitrogen and oxygen atoms in total.